The highest BCUT2D eigenvalue weighted by atomic mass is 32.2. The summed E-state index contributed by atoms with van der Waals surface area (Å²) in [7, 11) is -3.41. The molecule has 0 aliphatic carbocycles. The van der Waals surface area contributed by atoms with Gasteiger partial charge in [-0.05, 0) is 31.0 Å². The molecule has 3 aromatic rings. The highest BCUT2D eigenvalue weighted by molar-refractivity contribution is 7.88. The predicted molar refractivity (Wildman–Crippen MR) is 100.0 cm³/mol. The zero-order chi connectivity index (χ0) is 18.6. The zero-order valence-electron chi connectivity index (χ0n) is 14.8. The monoisotopic (exact) mass is 371 g/mol. The Morgan fingerprint density at radius 1 is 1.04 bits per heavy atom. The first-order valence-electron chi connectivity index (χ1n) is 8.34. The standard InChI is InChI=1S/C19H21N3O3S/c1-14-6-5-8-16(12-14)13-26(23,24)20-11-10-18-21-22-19(25-18)17-9-4-3-7-15(17)2/h3-9,12,20H,10-11,13H2,1-2H3. The molecular weight excluding hydrogens is 350 g/mol. The third-order valence-corrected chi connectivity index (χ3v) is 5.30. The van der Waals surface area contributed by atoms with E-state index < -0.39 is 10.0 Å². The SMILES string of the molecule is Cc1cccc(CS(=O)(=O)NCCc2nnc(-c3ccccc3C)o2)c1. The van der Waals surface area contributed by atoms with E-state index in [1.165, 1.54) is 0 Å². The molecule has 0 saturated carbocycles. The number of sulfonamides is 1. The lowest BCUT2D eigenvalue weighted by molar-refractivity contribution is 0.501. The number of nitrogens with one attached hydrogen (secondary N) is 1. The molecule has 136 valence electrons. The largest absolute Gasteiger partial charge is 0.421 e. The Kier molecular flexibility index (Phi) is 5.49. The fourth-order valence-corrected chi connectivity index (χ4v) is 3.80. The Hall–Kier alpha value is -2.51. The van der Waals surface area contributed by atoms with Crippen LogP contribution in [0, 0.1) is 13.8 Å². The minimum Gasteiger partial charge on any atom is -0.421 e. The van der Waals surface area contributed by atoms with E-state index in [-0.39, 0.29) is 12.3 Å². The van der Waals surface area contributed by atoms with Crippen molar-refractivity contribution in [1.29, 1.82) is 0 Å². The van der Waals surface area contributed by atoms with E-state index in [1.54, 1.807) is 6.07 Å². The summed E-state index contributed by atoms with van der Waals surface area (Å²) in [4.78, 5) is 0. The Bertz CT molecular complexity index is 997. The molecule has 0 aliphatic rings. The first kappa shape index (κ1) is 18.3. The second kappa shape index (κ2) is 7.80. The first-order chi connectivity index (χ1) is 12.4. The minimum atomic E-state index is -3.41. The van der Waals surface area contributed by atoms with Gasteiger partial charge in [0.15, 0.2) is 0 Å². The van der Waals surface area contributed by atoms with Gasteiger partial charge in [-0.1, -0.05) is 48.0 Å². The van der Waals surface area contributed by atoms with E-state index in [0.29, 0.717) is 18.2 Å². The van der Waals surface area contributed by atoms with Crippen molar-refractivity contribution in [1.82, 2.24) is 14.9 Å². The van der Waals surface area contributed by atoms with Gasteiger partial charge in [-0.25, -0.2) is 13.1 Å². The number of aryl methyl sites for hydroxylation is 2. The average Bonchev–Trinajstić information content (AvgIpc) is 3.03. The number of rotatable bonds is 7. The van der Waals surface area contributed by atoms with E-state index in [0.717, 1.165) is 22.3 Å². The van der Waals surface area contributed by atoms with Crippen molar-refractivity contribution in [2.24, 2.45) is 0 Å². The van der Waals surface area contributed by atoms with Crippen molar-refractivity contribution in [3.63, 3.8) is 0 Å². The highest BCUT2D eigenvalue weighted by Gasteiger charge is 2.14. The Morgan fingerprint density at radius 2 is 1.85 bits per heavy atom. The molecule has 0 fully saturated rings. The van der Waals surface area contributed by atoms with Gasteiger partial charge in [-0.3, -0.25) is 0 Å². The lowest BCUT2D eigenvalue weighted by atomic mass is 10.1. The van der Waals surface area contributed by atoms with Crippen LogP contribution in [0.1, 0.15) is 22.6 Å². The third kappa shape index (κ3) is 4.77. The molecular formula is C19H21N3O3S. The van der Waals surface area contributed by atoms with Gasteiger partial charge in [0, 0.05) is 18.5 Å². The van der Waals surface area contributed by atoms with Crippen LogP contribution < -0.4 is 4.72 Å². The van der Waals surface area contributed by atoms with E-state index in [1.807, 2.05) is 56.3 Å². The second-order valence-corrected chi connectivity index (χ2v) is 8.02. The van der Waals surface area contributed by atoms with E-state index in [4.69, 9.17) is 4.42 Å². The maximum absolute atomic E-state index is 12.2. The number of benzene rings is 2. The van der Waals surface area contributed by atoms with Crippen LogP contribution in [0.2, 0.25) is 0 Å². The number of aromatic nitrogens is 2. The normalized spacial score (nSPS) is 11.6. The minimum absolute atomic E-state index is 0.0486. The van der Waals surface area contributed by atoms with Crippen LogP contribution in [-0.4, -0.2) is 25.2 Å². The summed E-state index contributed by atoms with van der Waals surface area (Å²) in [6, 6.07) is 15.2. The smallest absolute Gasteiger partial charge is 0.247 e. The molecule has 3 rings (SSSR count). The molecule has 0 saturated heterocycles. The van der Waals surface area contributed by atoms with Gasteiger partial charge >= 0.3 is 0 Å². The Balaban J connectivity index is 1.57. The van der Waals surface area contributed by atoms with Gasteiger partial charge in [0.1, 0.15) is 0 Å². The van der Waals surface area contributed by atoms with Crippen LogP contribution in [-0.2, 0) is 22.2 Å². The molecule has 2 aromatic carbocycles. The molecule has 6 nitrogen and oxygen atoms in total. The summed E-state index contributed by atoms with van der Waals surface area (Å²) in [5.41, 5.74) is 3.72. The summed E-state index contributed by atoms with van der Waals surface area (Å²) >= 11 is 0. The predicted octanol–water partition coefficient (Wildman–Crippen LogP) is 3.02. The summed E-state index contributed by atoms with van der Waals surface area (Å²) < 4.78 is 32.6. The van der Waals surface area contributed by atoms with Crippen molar-refractivity contribution in [3.8, 4) is 11.5 Å². The van der Waals surface area contributed by atoms with Gasteiger partial charge in [-0.2, -0.15) is 0 Å². The van der Waals surface area contributed by atoms with Crippen LogP contribution in [0.25, 0.3) is 11.5 Å². The van der Waals surface area contributed by atoms with Crippen molar-refractivity contribution in [2.75, 3.05) is 6.54 Å². The zero-order valence-corrected chi connectivity index (χ0v) is 15.6. The van der Waals surface area contributed by atoms with Crippen LogP contribution in [0.15, 0.2) is 52.9 Å². The molecule has 7 heteroatoms. The quantitative estimate of drug-likeness (QED) is 0.690. The summed E-state index contributed by atoms with van der Waals surface area (Å²) in [5, 5.41) is 8.04. The fraction of sp³-hybridized carbons (Fsp3) is 0.263. The third-order valence-electron chi connectivity index (χ3n) is 3.94. The maximum Gasteiger partial charge on any atom is 0.247 e. The fourth-order valence-electron chi connectivity index (χ4n) is 2.66. The van der Waals surface area contributed by atoms with Crippen LogP contribution >= 0.6 is 0 Å². The van der Waals surface area contributed by atoms with Crippen LogP contribution in [0.4, 0.5) is 0 Å². The van der Waals surface area contributed by atoms with Crippen LogP contribution in [0.3, 0.4) is 0 Å². The van der Waals surface area contributed by atoms with Crippen molar-refractivity contribution in [2.45, 2.75) is 26.0 Å². The molecule has 0 aliphatic heterocycles. The molecule has 1 N–H and O–H groups in total. The Labute approximate surface area is 153 Å². The summed E-state index contributed by atoms with van der Waals surface area (Å²) in [6.45, 7) is 4.12. The lowest BCUT2D eigenvalue weighted by Crippen LogP contribution is -2.27. The van der Waals surface area contributed by atoms with Crippen LogP contribution in [0.5, 0.6) is 0 Å². The number of hydrogen-bond acceptors (Lipinski definition) is 5. The van der Waals surface area contributed by atoms with Crippen molar-refractivity contribution < 1.29 is 12.8 Å². The van der Waals surface area contributed by atoms with Gasteiger partial charge in [0.25, 0.3) is 0 Å². The Morgan fingerprint density at radius 3 is 2.62 bits per heavy atom. The summed E-state index contributed by atoms with van der Waals surface area (Å²) in [5.74, 6) is 0.801. The molecule has 26 heavy (non-hydrogen) atoms. The molecule has 0 radical (unpaired) electrons. The molecule has 0 atom stereocenters. The van der Waals surface area contributed by atoms with Crippen molar-refractivity contribution >= 4 is 10.0 Å². The molecule has 0 amide bonds. The molecule has 1 heterocycles. The maximum atomic E-state index is 12.2. The molecule has 0 bridgehead atoms. The van der Waals surface area contributed by atoms with E-state index in [2.05, 4.69) is 14.9 Å². The highest BCUT2D eigenvalue weighted by Crippen LogP contribution is 2.21. The van der Waals surface area contributed by atoms with Gasteiger partial charge in [-0.15, -0.1) is 10.2 Å². The van der Waals surface area contributed by atoms with Crippen molar-refractivity contribution in [3.05, 3.63) is 71.1 Å². The van der Waals surface area contributed by atoms with E-state index >= 15 is 0 Å². The molecule has 0 spiro atoms. The molecule has 0 unspecified atom stereocenters. The number of nitrogens with zero attached hydrogens (tertiary/aromatic N) is 2. The second-order valence-electron chi connectivity index (χ2n) is 6.21. The topological polar surface area (TPSA) is 85.1 Å². The van der Waals surface area contributed by atoms with E-state index in [9.17, 15) is 8.42 Å². The van der Waals surface area contributed by atoms with Gasteiger partial charge in [0.05, 0.1) is 5.75 Å². The average molecular weight is 371 g/mol. The first-order valence-corrected chi connectivity index (χ1v) is 9.99. The summed E-state index contributed by atoms with van der Waals surface area (Å²) in [6.07, 6.45) is 0.339. The van der Waals surface area contributed by atoms with Gasteiger partial charge < -0.3 is 4.42 Å². The number of hydrogen-bond donors (Lipinski definition) is 1. The molecule has 1 aromatic heterocycles. The van der Waals surface area contributed by atoms with Gasteiger partial charge in [0.2, 0.25) is 21.8 Å². The lowest BCUT2D eigenvalue weighted by Gasteiger charge is -2.06.